The van der Waals surface area contributed by atoms with Crippen molar-refractivity contribution in [2.45, 2.75) is 6.42 Å². The number of amides is 1. The SMILES string of the molecule is O=C(O)C1C2C=CC(C2)C1C(=O)Nc1cccc(-c2cccs2)c1. The molecule has 1 heterocycles. The fourth-order valence-electron chi connectivity index (χ4n) is 3.93. The molecule has 1 fully saturated rings. The molecule has 2 bridgehead atoms. The summed E-state index contributed by atoms with van der Waals surface area (Å²) in [7, 11) is 0. The van der Waals surface area contributed by atoms with Gasteiger partial charge in [-0.1, -0.05) is 30.4 Å². The van der Waals surface area contributed by atoms with Crippen LogP contribution in [0.15, 0.2) is 53.9 Å². The number of nitrogens with one attached hydrogen (secondary N) is 1. The van der Waals surface area contributed by atoms with Gasteiger partial charge in [0, 0.05) is 10.6 Å². The van der Waals surface area contributed by atoms with Crippen LogP contribution in [0.5, 0.6) is 0 Å². The van der Waals surface area contributed by atoms with Crippen molar-refractivity contribution in [3.8, 4) is 10.4 Å². The van der Waals surface area contributed by atoms with Crippen molar-refractivity contribution in [3.05, 3.63) is 53.9 Å². The molecule has 1 aromatic carbocycles. The zero-order chi connectivity index (χ0) is 16.7. The maximum Gasteiger partial charge on any atom is 0.307 e. The van der Waals surface area contributed by atoms with Crippen LogP contribution in [0.4, 0.5) is 5.69 Å². The summed E-state index contributed by atoms with van der Waals surface area (Å²) in [5.74, 6) is -2.14. The van der Waals surface area contributed by atoms with Crippen molar-refractivity contribution < 1.29 is 14.7 Å². The highest BCUT2D eigenvalue weighted by molar-refractivity contribution is 7.13. The number of hydrogen-bond acceptors (Lipinski definition) is 3. The van der Waals surface area contributed by atoms with Gasteiger partial charge in [0.05, 0.1) is 11.8 Å². The largest absolute Gasteiger partial charge is 0.481 e. The first-order chi connectivity index (χ1) is 11.6. The van der Waals surface area contributed by atoms with Crippen molar-refractivity contribution in [1.82, 2.24) is 0 Å². The Labute approximate surface area is 143 Å². The molecule has 0 spiro atoms. The van der Waals surface area contributed by atoms with Gasteiger partial charge >= 0.3 is 5.97 Å². The summed E-state index contributed by atoms with van der Waals surface area (Å²) in [6.45, 7) is 0. The molecule has 4 unspecified atom stereocenters. The number of rotatable bonds is 4. The summed E-state index contributed by atoms with van der Waals surface area (Å²) in [4.78, 5) is 25.4. The number of carbonyl (C=O) groups excluding carboxylic acids is 1. The second-order valence-electron chi connectivity index (χ2n) is 6.39. The van der Waals surface area contributed by atoms with Crippen LogP contribution in [0.1, 0.15) is 6.42 Å². The average Bonchev–Trinajstić information content (AvgIpc) is 3.31. The lowest BCUT2D eigenvalue weighted by atomic mass is 9.82. The highest BCUT2D eigenvalue weighted by Gasteiger charge is 2.51. The second kappa shape index (κ2) is 5.91. The van der Waals surface area contributed by atoms with Crippen LogP contribution >= 0.6 is 11.3 Å². The summed E-state index contributed by atoms with van der Waals surface area (Å²) < 4.78 is 0. The number of thiophene rings is 1. The Bertz CT molecular complexity index is 812. The first kappa shape index (κ1) is 15.1. The van der Waals surface area contributed by atoms with E-state index in [0.29, 0.717) is 5.69 Å². The molecule has 0 radical (unpaired) electrons. The van der Waals surface area contributed by atoms with Crippen molar-refractivity contribution in [2.24, 2.45) is 23.7 Å². The molecule has 122 valence electrons. The molecule has 1 saturated carbocycles. The van der Waals surface area contributed by atoms with Crippen LogP contribution in [-0.2, 0) is 9.59 Å². The first-order valence-corrected chi connectivity index (χ1v) is 8.87. The van der Waals surface area contributed by atoms with Gasteiger partial charge in [-0.05, 0) is 47.4 Å². The van der Waals surface area contributed by atoms with Crippen LogP contribution < -0.4 is 5.32 Å². The molecule has 4 nitrogen and oxygen atoms in total. The lowest BCUT2D eigenvalue weighted by Crippen LogP contribution is -2.36. The van der Waals surface area contributed by atoms with E-state index in [0.717, 1.165) is 16.9 Å². The van der Waals surface area contributed by atoms with Crippen LogP contribution in [0.25, 0.3) is 10.4 Å². The van der Waals surface area contributed by atoms with Crippen LogP contribution in [0, 0.1) is 23.7 Å². The number of aliphatic carboxylic acids is 1. The van der Waals surface area contributed by atoms with Gasteiger partial charge in [-0.2, -0.15) is 0 Å². The molecule has 1 aromatic heterocycles. The van der Waals surface area contributed by atoms with Crippen LogP contribution in [0.2, 0.25) is 0 Å². The topological polar surface area (TPSA) is 66.4 Å². The molecular weight excluding hydrogens is 322 g/mol. The molecule has 24 heavy (non-hydrogen) atoms. The molecule has 0 aliphatic heterocycles. The molecule has 1 amide bonds. The monoisotopic (exact) mass is 339 g/mol. The smallest absolute Gasteiger partial charge is 0.307 e. The van der Waals surface area contributed by atoms with E-state index in [-0.39, 0.29) is 17.7 Å². The Hall–Kier alpha value is -2.40. The third kappa shape index (κ3) is 2.55. The van der Waals surface area contributed by atoms with E-state index in [1.54, 1.807) is 11.3 Å². The molecule has 4 atom stereocenters. The predicted molar refractivity (Wildman–Crippen MR) is 93.7 cm³/mol. The summed E-state index contributed by atoms with van der Waals surface area (Å²) in [6, 6.07) is 11.7. The minimum Gasteiger partial charge on any atom is -0.481 e. The second-order valence-corrected chi connectivity index (χ2v) is 7.33. The number of carboxylic acid groups (broad SMARTS) is 1. The van der Waals surface area contributed by atoms with Crippen LogP contribution in [0.3, 0.4) is 0 Å². The number of benzene rings is 1. The lowest BCUT2D eigenvalue weighted by molar-refractivity contribution is -0.146. The van der Waals surface area contributed by atoms with E-state index in [2.05, 4.69) is 5.32 Å². The van der Waals surface area contributed by atoms with Gasteiger partial charge in [-0.3, -0.25) is 9.59 Å². The number of anilines is 1. The normalized spacial score (nSPS) is 27.3. The number of carbonyl (C=O) groups is 2. The number of fused-ring (bicyclic) bond motifs is 2. The van der Waals surface area contributed by atoms with Gasteiger partial charge in [0.15, 0.2) is 0 Å². The molecule has 0 saturated heterocycles. The zero-order valence-corrected chi connectivity index (χ0v) is 13.7. The first-order valence-electron chi connectivity index (χ1n) is 7.99. The maximum absolute atomic E-state index is 12.7. The van der Waals surface area contributed by atoms with E-state index in [1.165, 1.54) is 0 Å². The molecular formula is C19H17NO3S. The lowest BCUT2D eigenvalue weighted by Gasteiger charge is -2.23. The minimum atomic E-state index is -0.876. The van der Waals surface area contributed by atoms with Gasteiger partial charge in [-0.15, -0.1) is 11.3 Å². The van der Waals surface area contributed by atoms with Crippen molar-refractivity contribution in [2.75, 3.05) is 5.32 Å². The molecule has 2 aliphatic carbocycles. The molecule has 2 N–H and O–H groups in total. The van der Waals surface area contributed by atoms with Crippen LogP contribution in [-0.4, -0.2) is 17.0 Å². The average molecular weight is 339 g/mol. The summed E-state index contributed by atoms with van der Waals surface area (Å²) in [5, 5.41) is 14.4. The highest BCUT2D eigenvalue weighted by Crippen LogP contribution is 2.48. The van der Waals surface area contributed by atoms with Gasteiger partial charge in [0.25, 0.3) is 0 Å². The number of carboxylic acids is 1. The minimum absolute atomic E-state index is 0.0132. The quantitative estimate of drug-likeness (QED) is 0.831. The molecule has 4 rings (SSSR count). The third-order valence-electron chi connectivity index (χ3n) is 4.98. The van der Waals surface area contributed by atoms with Gasteiger partial charge < -0.3 is 10.4 Å². The summed E-state index contributed by atoms with van der Waals surface area (Å²) >= 11 is 1.64. The summed E-state index contributed by atoms with van der Waals surface area (Å²) in [6.07, 6.45) is 4.71. The molecule has 2 aromatic rings. The molecule has 2 aliphatic rings. The van der Waals surface area contributed by atoms with E-state index in [1.807, 2.05) is 53.9 Å². The zero-order valence-electron chi connectivity index (χ0n) is 12.9. The predicted octanol–water partition coefficient (Wildman–Crippen LogP) is 3.88. The van der Waals surface area contributed by atoms with Crippen molar-refractivity contribution in [1.29, 1.82) is 0 Å². The highest BCUT2D eigenvalue weighted by atomic mass is 32.1. The standard InChI is InChI=1S/C19H17NO3S/c21-18(16-12-6-7-13(9-12)17(16)19(22)23)20-14-4-1-3-11(10-14)15-5-2-8-24-15/h1-8,10,12-13,16-17H,9H2,(H,20,21)(H,22,23). The molecule has 5 heteroatoms. The van der Waals surface area contributed by atoms with Crippen molar-refractivity contribution in [3.63, 3.8) is 0 Å². The third-order valence-corrected chi connectivity index (χ3v) is 5.90. The Balaban J connectivity index is 1.55. The fraction of sp³-hybridized carbons (Fsp3) is 0.263. The maximum atomic E-state index is 12.7. The Kier molecular flexibility index (Phi) is 3.73. The van der Waals surface area contributed by atoms with E-state index in [4.69, 9.17) is 0 Å². The van der Waals surface area contributed by atoms with Gasteiger partial charge in [0.1, 0.15) is 0 Å². The summed E-state index contributed by atoms with van der Waals surface area (Å²) in [5.41, 5.74) is 1.76. The van der Waals surface area contributed by atoms with E-state index in [9.17, 15) is 14.7 Å². The Morgan fingerprint density at radius 3 is 2.58 bits per heavy atom. The Morgan fingerprint density at radius 2 is 1.88 bits per heavy atom. The Morgan fingerprint density at radius 1 is 1.08 bits per heavy atom. The number of allylic oxidation sites excluding steroid dienone is 2. The van der Waals surface area contributed by atoms with Gasteiger partial charge in [0.2, 0.25) is 5.91 Å². The number of hydrogen-bond donors (Lipinski definition) is 2. The van der Waals surface area contributed by atoms with Crippen molar-refractivity contribution >= 4 is 28.9 Å². The van der Waals surface area contributed by atoms with E-state index >= 15 is 0 Å². The van der Waals surface area contributed by atoms with E-state index < -0.39 is 17.8 Å². The fourth-order valence-corrected chi connectivity index (χ4v) is 4.66. The van der Waals surface area contributed by atoms with Gasteiger partial charge in [-0.25, -0.2) is 0 Å².